The lowest BCUT2D eigenvalue weighted by atomic mass is 9.93. The Kier molecular flexibility index (Phi) is 12.7. The van der Waals surface area contributed by atoms with Gasteiger partial charge in [-0.1, -0.05) is 36.4 Å². The van der Waals surface area contributed by atoms with E-state index >= 15 is 4.79 Å². The molecule has 1 unspecified atom stereocenters. The number of rotatable bonds is 12. The van der Waals surface area contributed by atoms with Crippen LogP contribution in [0.1, 0.15) is 68.5 Å². The molecule has 0 aliphatic carbocycles. The number of amides is 3. The van der Waals surface area contributed by atoms with Crippen molar-refractivity contribution in [2.24, 2.45) is 0 Å². The Labute approximate surface area is 339 Å². The predicted octanol–water partition coefficient (Wildman–Crippen LogP) is 5.77. The molecule has 2 heterocycles. The molecule has 0 saturated carbocycles. The second-order valence-electron chi connectivity index (χ2n) is 14.4. The maximum absolute atomic E-state index is 15.1. The summed E-state index contributed by atoms with van der Waals surface area (Å²) in [5.41, 5.74) is 1.57. The number of halogens is 1. The number of aryl methyl sites for hydroxylation is 1. The van der Waals surface area contributed by atoms with Crippen LogP contribution in [0, 0.1) is 17.4 Å². The minimum atomic E-state index is -4.05. The molecule has 5 rings (SSSR count). The minimum absolute atomic E-state index is 0.124. The number of carbonyl (C=O) groups excluding carboxylic acids is 4. The summed E-state index contributed by atoms with van der Waals surface area (Å²) in [4.78, 5) is 57.9. The van der Waals surface area contributed by atoms with Gasteiger partial charge in [-0.25, -0.2) is 9.69 Å². The summed E-state index contributed by atoms with van der Waals surface area (Å²) in [6, 6.07) is 8.61. The summed E-state index contributed by atoms with van der Waals surface area (Å²) in [5, 5.41) is 0. The number of nitrogens with zero attached hydrogens (tertiary/aromatic N) is 2. The van der Waals surface area contributed by atoms with Gasteiger partial charge in [-0.15, -0.1) is 0 Å². The Bertz CT molecular complexity index is 2140. The van der Waals surface area contributed by atoms with Gasteiger partial charge < -0.3 is 37.5 Å². The molecular weight excluding hydrogens is 863 g/mol. The molecule has 56 heavy (non-hydrogen) atoms. The van der Waals surface area contributed by atoms with Crippen molar-refractivity contribution in [1.82, 2.24) is 9.80 Å². The topological polar surface area (TPSA) is 174 Å². The molecule has 3 atom stereocenters. The number of methoxy groups -OCH3 is 1. The van der Waals surface area contributed by atoms with Crippen LogP contribution in [0.4, 0.5) is 4.79 Å². The smallest absolute Gasteiger partial charge is 0.417 e. The van der Waals surface area contributed by atoms with E-state index in [-0.39, 0.29) is 42.6 Å². The summed E-state index contributed by atoms with van der Waals surface area (Å²) in [5.74, 6) is -1.11. The van der Waals surface area contributed by atoms with Crippen LogP contribution in [0.5, 0.6) is 28.7 Å². The van der Waals surface area contributed by atoms with Gasteiger partial charge in [0.1, 0.15) is 36.6 Å². The number of piperazine rings is 1. The maximum Gasteiger partial charge on any atom is 0.417 e. The fraction of sp³-hybridized carbons (Fsp3) is 0.436. The Hall–Kier alpha value is -4.78. The van der Waals surface area contributed by atoms with Crippen molar-refractivity contribution in [2.45, 2.75) is 85.2 Å². The Morgan fingerprint density at radius 2 is 1.68 bits per heavy atom. The molecular formula is C39H45IN2O13S. The lowest BCUT2D eigenvalue weighted by molar-refractivity contribution is -0.165. The van der Waals surface area contributed by atoms with E-state index in [9.17, 15) is 22.8 Å². The maximum atomic E-state index is 15.1. The van der Waals surface area contributed by atoms with Crippen LogP contribution in [0.25, 0.3) is 0 Å². The number of benzene rings is 3. The van der Waals surface area contributed by atoms with E-state index in [4.69, 9.17) is 32.6 Å². The van der Waals surface area contributed by atoms with Crippen molar-refractivity contribution in [1.29, 1.82) is 0 Å². The highest BCUT2D eigenvalue weighted by Crippen LogP contribution is 2.48. The number of hydrogen-bond acceptors (Lipinski definition) is 13. The molecule has 17 heteroatoms. The zero-order chi connectivity index (χ0) is 41.3. The summed E-state index contributed by atoms with van der Waals surface area (Å²) >= 11 is 2.09. The summed E-state index contributed by atoms with van der Waals surface area (Å²) in [6.07, 6.45) is -0.328. The van der Waals surface area contributed by atoms with Crippen LogP contribution in [0.2, 0.25) is 0 Å². The highest BCUT2D eigenvalue weighted by Gasteiger charge is 2.52. The second-order valence-corrected chi connectivity index (χ2v) is 17.0. The van der Waals surface area contributed by atoms with E-state index < -0.39 is 64.3 Å². The quantitative estimate of drug-likeness (QED) is 0.122. The monoisotopic (exact) mass is 908 g/mol. The fourth-order valence-electron chi connectivity index (χ4n) is 6.57. The van der Waals surface area contributed by atoms with Crippen molar-refractivity contribution in [3.63, 3.8) is 0 Å². The zero-order valence-electron chi connectivity index (χ0n) is 32.6. The standard InChI is InChI=1S/C39H45IN2O13S/c1-21-15-26(31(40)35(32(21)49-8)51-18-25-13-11-10-12-14-25)16-28-37(45)41(23(3)36(44)42(28)38(46)54-39(5,6)7)29(19-50-24(4)43)27-17-30(55-56(9,47)48)22(2)33-34(27)53-20-52-33/h10-15,17,23,28-29H,16,18-20H2,1-9H3/t23?,28-,29-/m0/s1. The van der Waals surface area contributed by atoms with Gasteiger partial charge in [0.2, 0.25) is 12.7 Å². The average molecular weight is 909 g/mol. The highest BCUT2D eigenvalue weighted by atomic mass is 127. The third-order valence-corrected chi connectivity index (χ3v) is 10.7. The Balaban J connectivity index is 1.66. The molecule has 3 aromatic carbocycles. The zero-order valence-corrected chi connectivity index (χ0v) is 35.6. The van der Waals surface area contributed by atoms with E-state index in [1.54, 1.807) is 33.8 Å². The Morgan fingerprint density at radius 3 is 2.29 bits per heavy atom. The van der Waals surface area contributed by atoms with Crippen molar-refractivity contribution < 1.29 is 60.2 Å². The van der Waals surface area contributed by atoms with Gasteiger partial charge in [0, 0.05) is 24.5 Å². The largest absolute Gasteiger partial charge is 0.493 e. The molecule has 0 N–H and O–H groups in total. The van der Waals surface area contributed by atoms with Gasteiger partial charge in [0.15, 0.2) is 23.0 Å². The van der Waals surface area contributed by atoms with Crippen LogP contribution < -0.4 is 23.1 Å². The first-order valence-corrected chi connectivity index (χ1v) is 20.5. The number of carbonyl (C=O) groups is 4. The van der Waals surface area contributed by atoms with Crippen LogP contribution in [0.15, 0.2) is 42.5 Å². The average Bonchev–Trinajstić information content (AvgIpc) is 3.60. The van der Waals surface area contributed by atoms with Crippen molar-refractivity contribution in [3.05, 3.63) is 73.9 Å². The van der Waals surface area contributed by atoms with Gasteiger partial charge in [-0.2, -0.15) is 8.42 Å². The molecule has 302 valence electrons. The van der Waals surface area contributed by atoms with E-state index in [0.29, 0.717) is 31.8 Å². The van der Waals surface area contributed by atoms with Crippen molar-refractivity contribution >= 4 is 56.6 Å². The fourth-order valence-corrected chi connectivity index (χ4v) is 7.85. The van der Waals surface area contributed by atoms with E-state index in [1.807, 2.05) is 37.3 Å². The molecule has 3 amide bonds. The van der Waals surface area contributed by atoms with Gasteiger partial charge in [-0.05, 0) is 86.9 Å². The van der Waals surface area contributed by atoms with E-state index in [0.717, 1.165) is 16.7 Å². The van der Waals surface area contributed by atoms with Gasteiger partial charge in [-0.3, -0.25) is 14.4 Å². The minimum Gasteiger partial charge on any atom is -0.493 e. The second kappa shape index (κ2) is 16.8. The third-order valence-electron chi connectivity index (χ3n) is 8.99. The predicted molar refractivity (Wildman–Crippen MR) is 210 cm³/mol. The third kappa shape index (κ3) is 9.25. The van der Waals surface area contributed by atoms with Gasteiger partial charge in [0.25, 0.3) is 5.91 Å². The molecule has 0 aromatic heterocycles. The first-order valence-electron chi connectivity index (χ1n) is 17.6. The SMILES string of the molecule is COc1c(C)cc(C[C@H]2C(=O)N([C@@H](COC(C)=O)c3cc(OS(C)(=O)=O)c(C)c4c3OCO4)C(C)C(=O)N2C(=O)OC(C)(C)C)c(I)c1OCc1ccccc1. The summed E-state index contributed by atoms with van der Waals surface area (Å²) in [7, 11) is -2.53. The normalized spacial score (nSPS) is 17.4. The number of ether oxygens (including phenoxy) is 6. The van der Waals surface area contributed by atoms with Crippen molar-refractivity contribution in [3.8, 4) is 28.7 Å². The molecule has 0 radical (unpaired) electrons. The van der Waals surface area contributed by atoms with E-state index in [2.05, 4.69) is 22.6 Å². The van der Waals surface area contributed by atoms with Crippen molar-refractivity contribution in [2.75, 3.05) is 26.8 Å². The number of esters is 1. The summed E-state index contributed by atoms with van der Waals surface area (Å²) in [6.45, 7) is 10.4. The molecule has 1 saturated heterocycles. The number of hydrogen-bond donors (Lipinski definition) is 0. The number of fused-ring (bicyclic) bond motifs is 1. The first kappa shape index (κ1) is 42.4. The van der Waals surface area contributed by atoms with E-state index in [1.165, 1.54) is 31.9 Å². The molecule has 1 fully saturated rings. The molecule has 2 aliphatic heterocycles. The lowest BCUT2D eigenvalue weighted by Gasteiger charge is -2.46. The molecule has 3 aromatic rings. The summed E-state index contributed by atoms with van der Waals surface area (Å²) < 4.78 is 65.2. The number of imide groups is 1. The molecule has 0 spiro atoms. The first-order chi connectivity index (χ1) is 26.2. The van der Waals surface area contributed by atoms with Gasteiger partial charge in [0.05, 0.1) is 23.0 Å². The Morgan fingerprint density at radius 1 is 1.02 bits per heavy atom. The van der Waals surface area contributed by atoms with Crippen LogP contribution >= 0.6 is 22.6 Å². The molecule has 15 nitrogen and oxygen atoms in total. The lowest BCUT2D eigenvalue weighted by Crippen LogP contribution is -2.67. The molecule has 2 aliphatic rings. The van der Waals surface area contributed by atoms with Crippen LogP contribution in [-0.2, 0) is 47.0 Å². The van der Waals surface area contributed by atoms with Crippen LogP contribution in [-0.4, -0.2) is 86.5 Å². The van der Waals surface area contributed by atoms with Gasteiger partial charge >= 0.3 is 22.2 Å². The molecule has 0 bridgehead atoms. The highest BCUT2D eigenvalue weighted by molar-refractivity contribution is 14.1. The van der Waals surface area contributed by atoms with Crippen LogP contribution in [0.3, 0.4) is 0 Å².